The predicted molar refractivity (Wildman–Crippen MR) is 136 cm³/mol. The Bertz CT molecular complexity index is 1580. The molecule has 208 valence electrons. The Morgan fingerprint density at radius 1 is 1.07 bits per heavy atom. The first kappa shape index (κ1) is 26.0. The van der Waals surface area contributed by atoms with Crippen molar-refractivity contribution < 1.29 is 27.0 Å². The van der Waals surface area contributed by atoms with Gasteiger partial charge in [0.2, 0.25) is 5.88 Å². The average molecular weight is 556 g/mol. The van der Waals surface area contributed by atoms with Gasteiger partial charge in [-0.25, -0.2) is 33.7 Å². The molecule has 1 fully saturated rings. The molecule has 0 radical (unpaired) electrons. The highest BCUT2D eigenvalue weighted by Crippen LogP contribution is 2.45. The number of aryl methyl sites for hydroxylation is 1. The van der Waals surface area contributed by atoms with E-state index in [1.54, 1.807) is 6.20 Å². The van der Waals surface area contributed by atoms with Crippen LogP contribution >= 0.6 is 0 Å². The van der Waals surface area contributed by atoms with E-state index in [4.69, 9.17) is 14.5 Å². The second-order valence-corrected chi connectivity index (χ2v) is 9.95. The van der Waals surface area contributed by atoms with Gasteiger partial charge in [0.1, 0.15) is 41.7 Å². The third-order valence-corrected chi connectivity index (χ3v) is 6.90. The Morgan fingerprint density at radius 2 is 1.82 bits per heavy atom. The summed E-state index contributed by atoms with van der Waals surface area (Å²) in [6, 6.07) is 2.35. The zero-order valence-electron chi connectivity index (χ0n) is 22.0. The molecule has 9 nitrogen and oxygen atoms in total. The lowest BCUT2D eigenvalue weighted by molar-refractivity contribution is 0.0131. The fourth-order valence-electron chi connectivity index (χ4n) is 4.81. The van der Waals surface area contributed by atoms with Crippen molar-refractivity contribution in [3.63, 3.8) is 0 Å². The highest BCUT2D eigenvalue weighted by Gasteiger charge is 2.33. The van der Waals surface area contributed by atoms with E-state index in [9.17, 15) is 8.78 Å². The van der Waals surface area contributed by atoms with Gasteiger partial charge in [0.05, 0.1) is 31.1 Å². The third kappa shape index (κ3) is 4.69. The van der Waals surface area contributed by atoms with Gasteiger partial charge in [0.25, 0.3) is 5.92 Å². The van der Waals surface area contributed by atoms with Gasteiger partial charge in [-0.3, -0.25) is 0 Å². The summed E-state index contributed by atoms with van der Waals surface area (Å²) in [5, 5.41) is 0. The van der Waals surface area contributed by atoms with Gasteiger partial charge < -0.3 is 18.9 Å². The molecule has 0 bridgehead atoms. The van der Waals surface area contributed by atoms with Crippen molar-refractivity contribution >= 4 is 5.82 Å². The van der Waals surface area contributed by atoms with Gasteiger partial charge in [0.15, 0.2) is 17.4 Å². The van der Waals surface area contributed by atoms with Crippen molar-refractivity contribution in [2.45, 2.75) is 38.2 Å². The monoisotopic (exact) mass is 555 g/mol. The maximum Gasteiger partial charge on any atom is 0.288 e. The molecule has 4 aromatic rings. The van der Waals surface area contributed by atoms with Crippen LogP contribution < -0.4 is 14.4 Å². The molecule has 1 aliphatic heterocycles. The maximum absolute atomic E-state index is 15.2. The number of anilines is 1. The van der Waals surface area contributed by atoms with E-state index >= 15 is 8.78 Å². The highest BCUT2D eigenvalue weighted by atomic mass is 19.3. The number of fused-ring (bicyclic) bond motifs is 1. The summed E-state index contributed by atoms with van der Waals surface area (Å²) in [5.74, 6) is -3.41. The first-order valence-electron chi connectivity index (χ1n) is 12.7. The molecule has 1 saturated carbocycles. The number of nitrogens with zero attached hydrogens (tertiary/aromatic N) is 7. The number of alkyl halides is 2. The summed E-state index contributed by atoms with van der Waals surface area (Å²) in [6.07, 6.45) is 6.07. The minimum Gasteiger partial charge on any atom is -0.486 e. The number of halogens is 4. The Balaban J connectivity index is 1.34. The van der Waals surface area contributed by atoms with Gasteiger partial charge in [-0.05, 0) is 30.5 Å². The summed E-state index contributed by atoms with van der Waals surface area (Å²) in [7, 11) is 2.93. The zero-order chi connectivity index (χ0) is 28.2. The molecule has 13 heteroatoms. The lowest BCUT2D eigenvalue weighted by Crippen LogP contribution is -2.33. The third-order valence-electron chi connectivity index (χ3n) is 6.90. The summed E-state index contributed by atoms with van der Waals surface area (Å²) in [6.45, 7) is 1.52. The molecule has 0 N–H and O–H groups in total. The SMILES string of the molecule is COc1ncnc(C2CC2)c1-c1ncc2c(n1)N(Cc1cc(F)c(-c3nc(C(C)(F)F)cn3C)c(F)c1)CCO2. The van der Waals surface area contributed by atoms with Gasteiger partial charge in [0, 0.05) is 32.6 Å². The number of benzene rings is 1. The van der Waals surface area contributed by atoms with Crippen LogP contribution in [0, 0.1) is 11.6 Å². The lowest BCUT2D eigenvalue weighted by atomic mass is 10.1. The molecule has 4 heterocycles. The van der Waals surface area contributed by atoms with Crippen LogP contribution in [0.2, 0.25) is 0 Å². The number of hydrogen-bond acceptors (Lipinski definition) is 8. The second-order valence-electron chi connectivity index (χ2n) is 9.95. The van der Waals surface area contributed by atoms with Crippen molar-refractivity contribution in [2.24, 2.45) is 7.05 Å². The number of aromatic nitrogens is 6. The fraction of sp³-hybridized carbons (Fsp3) is 0.370. The minimum atomic E-state index is -3.25. The predicted octanol–water partition coefficient (Wildman–Crippen LogP) is 5.01. The van der Waals surface area contributed by atoms with Crippen LogP contribution in [-0.2, 0) is 19.5 Å². The van der Waals surface area contributed by atoms with E-state index < -0.39 is 28.8 Å². The summed E-state index contributed by atoms with van der Waals surface area (Å²) >= 11 is 0. The van der Waals surface area contributed by atoms with E-state index in [-0.39, 0.29) is 18.3 Å². The maximum atomic E-state index is 15.2. The van der Waals surface area contributed by atoms with Crippen molar-refractivity contribution in [2.75, 3.05) is 25.2 Å². The molecule has 3 aromatic heterocycles. The van der Waals surface area contributed by atoms with Gasteiger partial charge in [-0.2, -0.15) is 8.78 Å². The topological polar surface area (TPSA) is 91.1 Å². The molecule has 0 unspecified atom stereocenters. The Kier molecular flexibility index (Phi) is 6.31. The number of imidazole rings is 1. The smallest absolute Gasteiger partial charge is 0.288 e. The van der Waals surface area contributed by atoms with E-state index in [0.29, 0.717) is 54.5 Å². The summed E-state index contributed by atoms with van der Waals surface area (Å²) in [4.78, 5) is 23.5. The first-order valence-corrected chi connectivity index (χ1v) is 12.7. The van der Waals surface area contributed by atoms with Crippen molar-refractivity contribution in [3.8, 4) is 34.4 Å². The minimum absolute atomic E-state index is 0.109. The molecule has 2 aliphatic rings. The van der Waals surface area contributed by atoms with E-state index in [1.807, 2.05) is 4.90 Å². The van der Waals surface area contributed by atoms with Crippen molar-refractivity contribution in [1.82, 2.24) is 29.5 Å². The molecule has 1 aliphatic carbocycles. The van der Waals surface area contributed by atoms with Crippen LogP contribution in [-0.4, -0.2) is 49.7 Å². The molecule has 0 spiro atoms. The summed E-state index contributed by atoms with van der Waals surface area (Å²) < 4.78 is 70.4. The van der Waals surface area contributed by atoms with E-state index in [0.717, 1.165) is 24.7 Å². The molecule has 40 heavy (non-hydrogen) atoms. The largest absolute Gasteiger partial charge is 0.486 e. The van der Waals surface area contributed by atoms with Crippen LogP contribution in [0.25, 0.3) is 22.8 Å². The average Bonchev–Trinajstić information content (AvgIpc) is 3.69. The Morgan fingerprint density at radius 3 is 2.48 bits per heavy atom. The van der Waals surface area contributed by atoms with Crippen LogP contribution in [0.1, 0.15) is 42.6 Å². The van der Waals surface area contributed by atoms with Crippen LogP contribution in [0.5, 0.6) is 11.6 Å². The molecule has 0 saturated heterocycles. The molecular formula is C27H25F4N7O2. The lowest BCUT2D eigenvalue weighted by Gasteiger charge is -2.30. The number of rotatable bonds is 7. The van der Waals surface area contributed by atoms with E-state index in [2.05, 4.69) is 19.9 Å². The Labute approximate surface area is 226 Å². The Hall–Kier alpha value is -4.29. The molecule has 1 aromatic carbocycles. The highest BCUT2D eigenvalue weighted by molar-refractivity contribution is 5.69. The van der Waals surface area contributed by atoms with Gasteiger partial charge in [-0.1, -0.05) is 0 Å². The quantitative estimate of drug-likeness (QED) is 0.294. The first-order chi connectivity index (χ1) is 19.1. The number of methoxy groups -OCH3 is 1. The fourth-order valence-corrected chi connectivity index (χ4v) is 4.81. The van der Waals surface area contributed by atoms with Crippen LogP contribution in [0.3, 0.4) is 0 Å². The van der Waals surface area contributed by atoms with Crippen LogP contribution in [0.15, 0.2) is 30.9 Å². The van der Waals surface area contributed by atoms with Crippen LogP contribution in [0.4, 0.5) is 23.4 Å². The molecule has 6 rings (SSSR count). The van der Waals surface area contributed by atoms with Gasteiger partial charge in [-0.15, -0.1) is 0 Å². The normalized spacial score (nSPS) is 15.1. The van der Waals surface area contributed by atoms with E-state index in [1.165, 1.54) is 37.2 Å². The molecular weight excluding hydrogens is 530 g/mol. The standard InChI is InChI=1S/C27H25F4N7O2/c1-27(30,31)19-12-37(2)25(35-19)20-16(28)8-14(9-17(20)29)11-38-6-7-40-18-10-32-23(36-24(18)38)21-22(15-4-5-15)33-13-34-26(21)39-3/h8-10,12-13,15H,4-7,11H2,1-3H3. The van der Waals surface area contributed by atoms with Crippen molar-refractivity contribution in [1.29, 1.82) is 0 Å². The van der Waals surface area contributed by atoms with Gasteiger partial charge >= 0.3 is 0 Å². The molecule has 0 atom stereocenters. The summed E-state index contributed by atoms with van der Waals surface area (Å²) in [5.41, 5.74) is 0.694. The number of ether oxygens (including phenoxy) is 2. The zero-order valence-corrected chi connectivity index (χ0v) is 22.0. The molecule has 0 amide bonds. The second kappa shape index (κ2) is 9.72. The number of hydrogen-bond donors (Lipinski definition) is 0. The van der Waals surface area contributed by atoms with Crippen molar-refractivity contribution in [3.05, 3.63) is 59.4 Å².